The van der Waals surface area contributed by atoms with Crippen LogP contribution in [0, 0.1) is 6.92 Å². The van der Waals surface area contributed by atoms with Crippen LogP contribution in [0.25, 0.3) is 0 Å². The summed E-state index contributed by atoms with van der Waals surface area (Å²) in [4.78, 5) is 7.91. The van der Waals surface area contributed by atoms with Gasteiger partial charge in [-0.3, -0.25) is 0 Å². The summed E-state index contributed by atoms with van der Waals surface area (Å²) >= 11 is 3.64. The number of nitrogens with zero attached hydrogens (tertiary/aromatic N) is 2. The smallest absolute Gasteiger partial charge is 0.185 e. The number of hydrogen-bond donors (Lipinski definition) is 1. The molecular formula is C10H19N3S2. The third-order valence-electron chi connectivity index (χ3n) is 2.03. The Morgan fingerprint density at radius 2 is 2.20 bits per heavy atom. The van der Waals surface area contributed by atoms with Crippen molar-refractivity contribution in [2.75, 3.05) is 37.5 Å². The lowest BCUT2D eigenvalue weighted by Crippen LogP contribution is -2.16. The highest BCUT2D eigenvalue weighted by molar-refractivity contribution is 7.98. The Balaban J connectivity index is 2.46. The van der Waals surface area contributed by atoms with Gasteiger partial charge in [-0.2, -0.15) is 11.8 Å². The molecule has 0 bridgehead atoms. The molecule has 0 aliphatic carbocycles. The summed E-state index contributed by atoms with van der Waals surface area (Å²) in [6.45, 7) is 4.09. The van der Waals surface area contributed by atoms with Crippen molar-refractivity contribution in [3.63, 3.8) is 0 Å². The SMILES string of the molecule is CSCCNCc1sc(N(C)C)nc1C. The summed E-state index contributed by atoms with van der Waals surface area (Å²) in [5, 5.41) is 4.52. The minimum absolute atomic E-state index is 0.942. The van der Waals surface area contributed by atoms with Gasteiger partial charge in [0.1, 0.15) is 0 Å². The van der Waals surface area contributed by atoms with Crippen LogP contribution in [0.5, 0.6) is 0 Å². The van der Waals surface area contributed by atoms with Gasteiger partial charge in [-0.05, 0) is 13.2 Å². The molecule has 1 rings (SSSR count). The lowest BCUT2D eigenvalue weighted by Gasteiger charge is -2.05. The number of hydrogen-bond acceptors (Lipinski definition) is 5. The highest BCUT2D eigenvalue weighted by Crippen LogP contribution is 2.24. The van der Waals surface area contributed by atoms with Crippen LogP contribution in [0.4, 0.5) is 5.13 Å². The number of rotatable bonds is 6. The molecule has 86 valence electrons. The largest absolute Gasteiger partial charge is 0.354 e. The first kappa shape index (κ1) is 12.8. The van der Waals surface area contributed by atoms with Crippen molar-refractivity contribution in [3.05, 3.63) is 10.6 Å². The maximum atomic E-state index is 4.51. The van der Waals surface area contributed by atoms with Crippen LogP contribution < -0.4 is 10.2 Å². The molecule has 0 aliphatic heterocycles. The zero-order chi connectivity index (χ0) is 11.3. The van der Waals surface area contributed by atoms with Gasteiger partial charge in [0, 0.05) is 37.8 Å². The average Bonchev–Trinajstić information content (AvgIpc) is 2.55. The van der Waals surface area contributed by atoms with Crippen molar-refractivity contribution in [2.24, 2.45) is 0 Å². The quantitative estimate of drug-likeness (QED) is 0.776. The van der Waals surface area contributed by atoms with Crippen molar-refractivity contribution in [1.82, 2.24) is 10.3 Å². The Labute approximate surface area is 100 Å². The van der Waals surface area contributed by atoms with Crippen molar-refractivity contribution in [1.29, 1.82) is 0 Å². The Kier molecular flexibility index (Phi) is 5.42. The highest BCUT2D eigenvalue weighted by atomic mass is 32.2. The molecular weight excluding hydrogens is 226 g/mol. The van der Waals surface area contributed by atoms with Gasteiger partial charge in [-0.25, -0.2) is 4.98 Å². The van der Waals surface area contributed by atoms with E-state index in [1.165, 1.54) is 10.6 Å². The molecule has 1 aromatic heterocycles. The lowest BCUT2D eigenvalue weighted by atomic mass is 10.4. The van der Waals surface area contributed by atoms with Crippen molar-refractivity contribution in [2.45, 2.75) is 13.5 Å². The van der Waals surface area contributed by atoms with Gasteiger partial charge < -0.3 is 10.2 Å². The zero-order valence-corrected chi connectivity index (χ0v) is 11.5. The zero-order valence-electron chi connectivity index (χ0n) is 9.83. The topological polar surface area (TPSA) is 28.2 Å². The summed E-state index contributed by atoms with van der Waals surface area (Å²) in [5.41, 5.74) is 1.15. The normalized spacial score (nSPS) is 10.7. The molecule has 0 atom stereocenters. The Morgan fingerprint density at radius 1 is 1.47 bits per heavy atom. The van der Waals surface area contributed by atoms with Gasteiger partial charge in [-0.15, -0.1) is 11.3 Å². The van der Waals surface area contributed by atoms with Crippen LogP contribution in [0.3, 0.4) is 0 Å². The Hall–Kier alpha value is -0.260. The van der Waals surface area contributed by atoms with E-state index < -0.39 is 0 Å². The third kappa shape index (κ3) is 4.01. The molecule has 5 heteroatoms. The first-order valence-electron chi connectivity index (χ1n) is 4.98. The van der Waals surface area contributed by atoms with Crippen molar-refractivity contribution in [3.8, 4) is 0 Å². The van der Waals surface area contributed by atoms with Gasteiger partial charge in [0.05, 0.1) is 5.69 Å². The maximum absolute atomic E-state index is 4.51. The predicted octanol–water partition coefficient (Wildman–Crippen LogP) is 1.97. The first-order valence-corrected chi connectivity index (χ1v) is 7.19. The molecule has 0 aromatic carbocycles. The van der Waals surface area contributed by atoms with Crippen LogP contribution in [-0.4, -0.2) is 37.6 Å². The van der Waals surface area contributed by atoms with Crippen LogP contribution in [0.15, 0.2) is 0 Å². The Bertz CT molecular complexity index is 297. The van der Waals surface area contributed by atoms with E-state index >= 15 is 0 Å². The van der Waals surface area contributed by atoms with Crippen molar-refractivity contribution >= 4 is 28.2 Å². The molecule has 0 saturated heterocycles. The van der Waals surface area contributed by atoms with E-state index in [2.05, 4.69) is 28.4 Å². The highest BCUT2D eigenvalue weighted by Gasteiger charge is 2.07. The van der Waals surface area contributed by atoms with Gasteiger partial charge in [0.15, 0.2) is 5.13 Å². The second-order valence-corrected chi connectivity index (χ2v) is 5.62. The minimum Gasteiger partial charge on any atom is -0.354 e. The first-order chi connectivity index (χ1) is 7.15. The summed E-state index contributed by atoms with van der Waals surface area (Å²) in [6, 6.07) is 0. The van der Waals surface area contributed by atoms with Crippen LogP contribution in [0.1, 0.15) is 10.6 Å². The fourth-order valence-electron chi connectivity index (χ4n) is 1.14. The molecule has 1 N–H and O–H groups in total. The number of thioether (sulfide) groups is 1. The third-order valence-corrected chi connectivity index (χ3v) is 3.97. The van der Waals surface area contributed by atoms with E-state index in [-0.39, 0.29) is 0 Å². The number of anilines is 1. The molecule has 0 fully saturated rings. The fraction of sp³-hybridized carbons (Fsp3) is 0.700. The second kappa shape index (κ2) is 6.35. The second-order valence-electron chi connectivity index (χ2n) is 3.57. The average molecular weight is 245 g/mol. The van der Waals surface area contributed by atoms with E-state index in [1.807, 2.05) is 25.9 Å². The Morgan fingerprint density at radius 3 is 2.73 bits per heavy atom. The van der Waals surface area contributed by atoms with E-state index in [0.717, 1.165) is 23.9 Å². The summed E-state index contributed by atoms with van der Waals surface area (Å²) < 4.78 is 0. The van der Waals surface area contributed by atoms with Crippen LogP contribution in [-0.2, 0) is 6.54 Å². The molecule has 1 heterocycles. The van der Waals surface area contributed by atoms with Gasteiger partial charge >= 0.3 is 0 Å². The lowest BCUT2D eigenvalue weighted by molar-refractivity contribution is 0.736. The van der Waals surface area contributed by atoms with Gasteiger partial charge in [0.2, 0.25) is 0 Å². The maximum Gasteiger partial charge on any atom is 0.185 e. The molecule has 0 saturated carbocycles. The minimum atomic E-state index is 0.942. The molecule has 1 aromatic rings. The number of thiazole rings is 1. The van der Waals surface area contributed by atoms with Crippen LogP contribution in [0.2, 0.25) is 0 Å². The molecule has 0 amide bonds. The molecule has 3 nitrogen and oxygen atoms in total. The number of nitrogens with one attached hydrogen (secondary N) is 1. The van der Waals surface area contributed by atoms with E-state index in [0.29, 0.717) is 0 Å². The number of aryl methyl sites for hydroxylation is 1. The molecule has 15 heavy (non-hydrogen) atoms. The van der Waals surface area contributed by atoms with Gasteiger partial charge in [-0.1, -0.05) is 0 Å². The summed E-state index contributed by atoms with van der Waals surface area (Å²) in [7, 11) is 4.06. The van der Waals surface area contributed by atoms with Crippen molar-refractivity contribution < 1.29 is 0 Å². The van der Waals surface area contributed by atoms with E-state index in [9.17, 15) is 0 Å². The molecule has 0 spiro atoms. The standard InChI is InChI=1S/C10H19N3S2/c1-8-9(7-11-5-6-14-4)15-10(12-8)13(2)3/h11H,5-7H2,1-4H3. The predicted molar refractivity (Wildman–Crippen MR) is 71.3 cm³/mol. The monoisotopic (exact) mass is 245 g/mol. The van der Waals surface area contributed by atoms with E-state index in [4.69, 9.17) is 0 Å². The molecule has 0 unspecified atom stereocenters. The van der Waals surface area contributed by atoms with Gasteiger partial charge in [0.25, 0.3) is 0 Å². The fourth-order valence-corrected chi connectivity index (χ4v) is 2.45. The molecule has 0 aliphatic rings. The molecule has 0 radical (unpaired) electrons. The summed E-state index contributed by atoms with van der Waals surface area (Å²) in [6.07, 6.45) is 2.13. The number of aromatic nitrogens is 1. The van der Waals surface area contributed by atoms with E-state index in [1.54, 1.807) is 11.3 Å². The summed E-state index contributed by atoms with van der Waals surface area (Å²) in [5.74, 6) is 1.17. The van der Waals surface area contributed by atoms with Crippen LogP contribution >= 0.6 is 23.1 Å².